The molecule has 0 radical (unpaired) electrons. The van der Waals surface area contributed by atoms with Crippen LogP contribution in [0.1, 0.15) is 49.0 Å². The Kier molecular flexibility index (Phi) is 4.21. The van der Waals surface area contributed by atoms with E-state index in [4.69, 9.17) is 5.26 Å². The molecule has 2 unspecified atom stereocenters. The van der Waals surface area contributed by atoms with Crippen molar-refractivity contribution in [2.75, 3.05) is 0 Å². The average molecular weight is 256 g/mol. The fourth-order valence-electron chi connectivity index (χ4n) is 2.83. The van der Waals surface area contributed by atoms with Gasteiger partial charge in [-0.25, -0.2) is 0 Å². The van der Waals surface area contributed by atoms with E-state index in [1.165, 1.54) is 6.42 Å². The number of rotatable bonds is 2. The largest absolute Gasteiger partial charge is 0.333 e. The van der Waals surface area contributed by atoms with Gasteiger partial charge in [0.05, 0.1) is 12.5 Å². The number of piperidine rings is 1. The lowest BCUT2D eigenvalue weighted by molar-refractivity contribution is 0.0511. The first-order valence-corrected chi connectivity index (χ1v) is 6.92. The average Bonchev–Trinajstić information content (AvgIpc) is 2.39. The number of amides is 1. The Morgan fingerprint density at radius 1 is 1.26 bits per heavy atom. The number of carbonyl (C=O) groups excluding carboxylic acids is 1. The second-order valence-electron chi connectivity index (χ2n) is 5.37. The highest BCUT2D eigenvalue weighted by Crippen LogP contribution is 2.24. The lowest BCUT2D eigenvalue weighted by Gasteiger charge is -2.39. The molecule has 3 nitrogen and oxygen atoms in total. The standard InChI is InChI=1S/C16H20N2O/c1-12-4-3-5-13(2)18(12)16(19)15-8-6-14(7-9-15)10-11-17/h6-9,12-13H,3-5,10H2,1-2H3. The summed E-state index contributed by atoms with van der Waals surface area (Å²) in [5, 5.41) is 8.65. The van der Waals surface area contributed by atoms with Crippen LogP contribution in [0, 0.1) is 11.3 Å². The predicted octanol–water partition coefficient (Wildman–Crippen LogP) is 3.16. The smallest absolute Gasteiger partial charge is 0.254 e. The van der Waals surface area contributed by atoms with Gasteiger partial charge < -0.3 is 4.90 Å². The van der Waals surface area contributed by atoms with Gasteiger partial charge in [0.15, 0.2) is 0 Å². The van der Waals surface area contributed by atoms with Gasteiger partial charge in [-0.1, -0.05) is 12.1 Å². The zero-order chi connectivity index (χ0) is 13.8. The van der Waals surface area contributed by atoms with Crippen molar-refractivity contribution in [2.24, 2.45) is 0 Å². The first-order chi connectivity index (χ1) is 9.13. The highest BCUT2D eigenvalue weighted by atomic mass is 16.2. The number of nitrogens with zero attached hydrogens (tertiary/aromatic N) is 2. The molecule has 0 saturated carbocycles. The number of nitriles is 1. The molecule has 1 saturated heterocycles. The molecule has 1 amide bonds. The molecule has 0 spiro atoms. The Bertz CT molecular complexity index is 476. The van der Waals surface area contributed by atoms with Gasteiger partial charge in [0.25, 0.3) is 5.91 Å². The van der Waals surface area contributed by atoms with E-state index in [1.54, 1.807) is 0 Å². The summed E-state index contributed by atoms with van der Waals surface area (Å²) >= 11 is 0. The maximum Gasteiger partial charge on any atom is 0.254 e. The van der Waals surface area contributed by atoms with Gasteiger partial charge in [-0.15, -0.1) is 0 Å². The maximum absolute atomic E-state index is 12.6. The molecule has 1 aromatic carbocycles. The topological polar surface area (TPSA) is 44.1 Å². The Hall–Kier alpha value is -1.82. The van der Waals surface area contributed by atoms with E-state index in [0.717, 1.165) is 24.0 Å². The van der Waals surface area contributed by atoms with Gasteiger partial charge >= 0.3 is 0 Å². The summed E-state index contributed by atoms with van der Waals surface area (Å²) in [5.74, 6) is 0.114. The van der Waals surface area contributed by atoms with Crippen molar-refractivity contribution in [3.05, 3.63) is 35.4 Å². The zero-order valence-corrected chi connectivity index (χ0v) is 11.6. The molecule has 100 valence electrons. The molecular formula is C16H20N2O. The minimum Gasteiger partial charge on any atom is -0.333 e. The molecular weight excluding hydrogens is 236 g/mol. The molecule has 1 heterocycles. The fraction of sp³-hybridized carbons (Fsp3) is 0.500. The lowest BCUT2D eigenvalue weighted by Crippen LogP contribution is -2.47. The summed E-state index contributed by atoms with van der Waals surface area (Å²) in [6, 6.07) is 10.2. The van der Waals surface area contributed by atoms with Gasteiger partial charge in [0, 0.05) is 17.6 Å². The first kappa shape index (κ1) is 13.6. The lowest BCUT2D eigenvalue weighted by atomic mass is 9.96. The van der Waals surface area contributed by atoms with Crippen LogP contribution < -0.4 is 0 Å². The van der Waals surface area contributed by atoms with Crippen LogP contribution in [0.3, 0.4) is 0 Å². The normalized spacial score (nSPS) is 22.9. The molecule has 19 heavy (non-hydrogen) atoms. The van der Waals surface area contributed by atoms with Crippen LogP contribution >= 0.6 is 0 Å². The van der Waals surface area contributed by atoms with Crippen molar-refractivity contribution >= 4 is 5.91 Å². The van der Waals surface area contributed by atoms with Gasteiger partial charge in [0.1, 0.15) is 0 Å². The molecule has 2 atom stereocenters. The molecule has 0 N–H and O–H groups in total. The first-order valence-electron chi connectivity index (χ1n) is 6.92. The van der Waals surface area contributed by atoms with E-state index in [2.05, 4.69) is 19.9 Å². The molecule has 1 fully saturated rings. The van der Waals surface area contributed by atoms with Crippen LogP contribution in [0.2, 0.25) is 0 Å². The molecule has 1 aliphatic heterocycles. The predicted molar refractivity (Wildman–Crippen MR) is 74.7 cm³/mol. The van der Waals surface area contributed by atoms with Gasteiger partial charge in [0.2, 0.25) is 0 Å². The van der Waals surface area contributed by atoms with Crippen molar-refractivity contribution < 1.29 is 4.79 Å². The molecule has 1 aliphatic rings. The minimum atomic E-state index is 0.114. The van der Waals surface area contributed by atoms with Gasteiger partial charge in [-0.3, -0.25) is 4.79 Å². The minimum absolute atomic E-state index is 0.114. The Balaban J connectivity index is 2.16. The van der Waals surface area contributed by atoms with Crippen molar-refractivity contribution in [1.82, 2.24) is 4.90 Å². The Morgan fingerprint density at radius 3 is 2.37 bits per heavy atom. The van der Waals surface area contributed by atoms with Crippen LogP contribution in [0.15, 0.2) is 24.3 Å². The summed E-state index contributed by atoms with van der Waals surface area (Å²) in [6.45, 7) is 4.25. The third-order valence-electron chi connectivity index (χ3n) is 3.91. The van der Waals surface area contributed by atoms with E-state index in [1.807, 2.05) is 29.2 Å². The van der Waals surface area contributed by atoms with Crippen LogP contribution in [-0.2, 0) is 6.42 Å². The van der Waals surface area contributed by atoms with Crippen molar-refractivity contribution in [1.29, 1.82) is 5.26 Å². The molecule has 2 rings (SSSR count). The SMILES string of the molecule is CC1CCCC(C)N1C(=O)c1ccc(CC#N)cc1. The van der Waals surface area contributed by atoms with Crippen LogP contribution in [0.4, 0.5) is 0 Å². The maximum atomic E-state index is 12.6. The summed E-state index contributed by atoms with van der Waals surface area (Å²) < 4.78 is 0. The number of benzene rings is 1. The van der Waals surface area contributed by atoms with E-state index in [0.29, 0.717) is 18.5 Å². The quantitative estimate of drug-likeness (QED) is 0.815. The third kappa shape index (κ3) is 2.96. The van der Waals surface area contributed by atoms with Gasteiger partial charge in [-0.05, 0) is 50.8 Å². The molecule has 0 aromatic heterocycles. The van der Waals surface area contributed by atoms with E-state index in [-0.39, 0.29) is 5.91 Å². The highest BCUT2D eigenvalue weighted by Gasteiger charge is 2.29. The Labute approximate surface area is 114 Å². The summed E-state index contributed by atoms with van der Waals surface area (Å²) in [5.41, 5.74) is 1.68. The summed E-state index contributed by atoms with van der Waals surface area (Å²) in [7, 11) is 0. The molecule has 1 aromatic rings. The van der Waals surface area contributed by atoms with Crippen LogP contribution in [-0.4, -0.2) is 22.9 Å². The van der Waals surface area contributed by atoms with Crippen molar-refractivity contribution in [3.8, 4) is 6.07 Å². The third-order valence-corrected chi connectivity index (χ3v) is 3.91. The van der Waals surface area contributed by atoms with Gasteiger partial charge in [-0.2, -0.15) is 5.26 Å². The number of hydrogen-bond acceptors (Lipinski definition) is 2. The number of likely N-dealkylation sites (tertiary alicyclic amines) is 1. The zero-order valence-electron chi connectivity index (χ0n) is 11.6. The van der Waals surface area contributed by atoms with Crippen LogP contribution in [0.25, 0.3) is 0 Å². The molecule has 0 bridgehead atoms. The van der Waals surface area contributed by atoms with Crippen molar-refractivity contribution in [3.63, 3.8) is 0 Å². The number of carbonyl (C=O) groups is 1. The second-order valence-corrected chi connectivity index (χ2v) is 5.37. The van der Waals surface area contributed by atoms with Crippen LogP contribution in [0.5, 0.6) is 0 Å². The molecule has 0 aliphatic carbocycles. The van der Waals surface area contributed by atoms with E-state index < -0.39 is 0 Å². The van der Waals surface area contributed by atoms with Crippen molar-refractivity contribution in [2.45, 2.75) is 51.6 Å². The summed E-state index contributed by atoms with van der Waals surface area (Å²) in [6.07, 6.45) is 3.77. The second kappa shape index (κ2) is 5.88. The van der Waals surface area contributed by atoms with E-state index >= 15 is 0 Å². The Morgan fingerprint density at radius 2 is 1.84 bits per heavy atom. The molecule has 3 heteroatoms. The summed E-state index contributed by atoms with van der Waals surface area (Å²) in [4.78, 5) is 14.6. The highest BCUT2D eigenvalue weighted by molar-refractivity contribution is 5.94. The monoisotopic (exact) mass is 256 g/mol. The van der Waals surface area contributed by atoms with E-state index in [9.17, 15) is 4.79 Å². The number of hydrogen-bond donors (Lipinski definition) is 0. The fourth-order valence-corrected chi connectivity index (χ4v) is 2.83.